The van der Waals surface area contributed by atoms with Crippen LogP contribution in [-0.2, 0) is 28.6 Å². The van der Waals surface area contributed by atoms with Gasteiger partial charge in [-0.15, -0.1) is 4.39 Å². The Kier molecular flexibility index (Phi) is 14.1. The highest BCUT2D eigenvalue weighted by atomic mass is 19.2. The highest BCUT2D eigenvalue weighted by Crippen LogP contribution is 2.49. The molecule has 0 saturated heterocycles. The molecular formula is C47H54FN3O14. The van der Waals surface area contributed by atoms with E-state index in [4.69, 9.17) is 33.1 Å². The third-order valence-corrected chi connectivity index (χ3v) is 12.3. The van der Waals surface area contributed by atoms with Crippen molar-refractivity contribution in [3.05, 3.63) is 75.7 Å². The fourth-order valence-corrected chi connectivity index (χ4v) is 8.15. The van der Waals surface area contributed by atoms with Gasteiger partial charge in [0.05, 0.1) is 42.1 Å². The Morgan fingerprint density at radius 1 is 1.00 bits per heavy atom. The molecule has 0 saturated carbocycles. The largest absolute Gasteiger partial charge is 0.505 e. The van der Waals surface area contributed by atoms with Gasteiger partial charge in [0.1, 0.15) is 40.9 Å². The van der Waals surface area contributed by atoms with Crippen molar-refractivity contribution in [2.45, 2.75) is 85.8 Å². The number of anilines is 1. The first-order valence-electron chi connectivity index (χ1n) is 21.1. The average Bonchev–Trinajstić information content (AvgIpc) is 3.53. The van der Waals surface area contributed by atoms with E-state index in [0.717, 1.165) is 6.26 Å². The Labute approximate surface area is 373 Å². The zero-order valence-corrected chi connectivity index (χ0v) is 37.8. The molecule has 3 aromatic carbocycles. The van der Waals surface area contributed by atoms with Gasteiger partial charge in [-0.05, 0) is 32.1 Å². The number of aliphatic hydroxyl groups excluding tert-OH is 2. The number of aromatic nitrogens is 1. The van der Waals surface area contributed by atoms with E-state index in [1.54, 1.807) is 46.9 Å². The molecule has 4 bridgehead atoms. The second-order valence-corrected chi connectivity index (χ2v) is 16.7. The second kappa shape index (κ2) is 19.0. The van der Waals surface area contributed by atoms with E-state index in [2.05, 4.69) is 5.32 Å². The maximum Gasteiger partial charge on any atom is 0.476 e. The SMILES string of the molecule is CO[C@H]1/C=C/O[C@@]2(F)Oc3c(C)c(=O)c4c(O)c(c5oc6cc(OCCN(C)C(C)=O)ccc6nc5c4c3C2=O)NC(=O)/C(C)=C\C=C\[C@H](C)[C@H](O)[C@@H](C)[C@@H](O)[C@@H](C)[C@H](OC(C)=O)[C@@H]1C. The molecular weight excluding hydrogens is 850 g/mol. The third kappa shape index (κ3) is 9.28. The number of phenolic OH excluding ortho intramolecular Hbond substituents is 1. The van der Waals surface area contributed by atoms with Gasteiger partial charge in [0.2, 0.25) is 5.91 Å². The minimum atomic E-state index is -3.57. The summed E-state index contributed by atoms with van der Waals surface area (Å²) in [6.45, 7) is 12.4. The Morgan fingerprint density at radius 3 is 2.37 bits per heavy atom. The molecule has 0 aliphatic carbocycles. The van der Waals surface area contributed by atoms with Crippen LogP contribution in [0.5, 0.6) is 17.2 Å². The zero-order valence-electron chi connectivity index (χ0n) is 37.8. The number of nitrogens with one attached hydrogen (secondary N) is 1. The number of carbonyl (C=O) groups excluding carboxylic acids is 4. The van der Waals surface area contributed by atoms with Gasteiger partial charge in [-0.3, -0.25) is 24.0 Å². The van der Waals surface area contributed by atoms with Crippen LogP contribution in [0, 0.1) is 30.6 Å². The number of fused-ring (bicyclic) bond motifs is 2. The highest BCUT2D eigenvalue weighted by molar-refractivity contribution is 6.26. The van der Waals surface area contributed by atoms with E-state index in [-0.39, 0.29) is 57.8 Å². The summed E-state index contributed by atoms with van der Waals surface area (Å²) in [5.74, 6) is -6.81. The first-order valence-corrected chi connectivity index (χ1v) is 21.1. The number of carbonyl (C=O) groups is 4. The summed E-state index contributed by atoms with van der Waals surface area (Å²) >= 11 is 0. The molecule has 18 heteroatoms. The fourth-order valence-electron chi connectivity index (χ4n) is 8.15. The lowest BCUT2D eigenvalue weighted by atomic mass is 9.78. The Hall–Kier alpha value is -6.37. The molecule has 9 atom stereocenters. The van der Waals surface area contributed by atoms with Crippen molar-refractivity contribution in [2.75, 3.05) is 32.6 Å². The number of Topliss-reactive ketones (excluding diaryl/α,β-unsaturated/α-hetero) is 1. The summed E-state index contributed by atoms with van der Waals surface area (Å²) in [4.78, 5) is 72.7. The summed E-state index contributed by atoms with van der Waals surface area (Å²) in [5.41, 5.74) is -2.24. The van der Waals surface area contributed by atoms with Crippen LogP contribution in [0.3, 0.4) is 0 Å². The topological polar surface area (TPSA) is 233 Å². The van der Waals surface area contributed by atoms with Crippen LogP contribution >= 0.6 is 0 Å². The number of esters is 1. The van der Waals surface area contributed by atoms with Crippen molar-refractivity contribution in [2.24, 2.45) is 23.7 Å². The van der Waals surface area contributed by atoms with Crippen molar-refractivity contribution < 1.29 is 67.0 Å². The maximum atomic E-state index is 16.9. The van der Waals surface area contributed by atoms with Crippen LogP contribution < -0.4 is 20.2 Å². The van der Waals surface area contributed by atoms with E-state index in [0.29, 0.717) is 5.75 Å². The quantitative estimate of drug-likeness (QED) is 0.0780. The molecule has 65 heavy (non-hydrogen) atoms. The van der Waals surface area contributed by atoms with E-state index >= 15 is 4.39 Å². The number of allylic oxidation sites excluding steroid dienone is 2. The molecule has 0 fully saturated rings. The lowest BCUT2D eigenvalue weighted by Crippen LogP contribution is -2.46. The number of likely N-dealkylation sites (N-methyl/N-ethyl adjacent to an activating group) is 1. The minimum Gasteiger partial charge on any atom is -0.505 e. The normalized spacial score (nSPS) is 28.3. The predicted molar refractivity (Wildman–Crippen MR) is 236 cm³/mol. The van der Waals surface area contributed by atoms with Crippen molar-refractivity contribution in [1.29, 1.82) is 0 Å². The lowest BCUT2D eigenvalue weighted by Gasteiger charge is -2.38. The monoisotopic (exact) mass is 903 g/mol. The van der Waals surface area contributed by atoms with Crippen molar-refractivity contribution in [1.82, 2.24) is 9.88 Å². The number of ether oxygens (including phenoxy) is 5. The first kappa shape index (κ1) is 48.1. The summed E-state index contributed by atoms with van der Waals surface area (Å²) in [7, 11) is 2.96. The van der Waals surface area contributed by atoms with Crippen molar-refractivity contribution in [3.63, 3.8) is 0 Å². The van der Waals surface area contributed by atoms with E-state index in [9.17, 15) is 39.3 Å². The smallest absolute Gasteiger partial charge is 0.476 e. The second-order valence-electron chi connectivity index (χ2n) is 16.7. The molecule has 1 aromatic heterocycles. The number of aromatic hydroxyl groups is 1. The summed E-state index contributed by atoms with van der Waals surface area (Å²) in [6, 6.07) is 1.01. The van der Waals surface area contributed by atoms with Crippen LogP contribution in [0.1, 0.15) is 64.4 Å². The number of ketones is 1. The minimum absolute atomic E-state index is 0.0775. The van der Waals surface area contributed by atoms with Crippen molar-refractivity contribution >= 4 is 62.2 Å². The number of amides is 2. The lowest BCUT2D eigenvalue weighted by molar-refractivity contribution is -0.192. The van der Waals surface area contributed by atoms with Gasteiger partial charge < -0.3 is 53.6 Å². The number of halogens is 1. The third-order valence-electron chi connectivity index (χ3n) is 12.3. The Balaban J connectivity index is 1.56. The van der Waals surface area contributed by atoms with Gasteiger partial charge in [0, 0.05) is 74.3 Å². The molecule has 17 nitrogen and oxygen atoms in total. The number of aliphatic hydroxyl groups is 2. The molecule has 4 aromatic rings. The number of alkyl halides is 1. The maximum absolute atomic E-state index is 16.9. The zero-order chi connectivity index (χ0) is 47.8. The van der Waals surface area contributed by atoms with E-state index in [1.807, 2.05) is 0 Å². The number of hydrogen-bond acceptors (Lipinski definition) is 15. The van der Waals surface area contributed by atoms with E-state index in [1.165, 1.54) is 70.1 Å². The van der Waals surface area contributed by atoms with Crippen LogP contribution in [0.15, 0.2) is 63.6 Å². The molecule has 0 spiro atoms. The fraction of sp³-hybridized carbons (Fsp3) is 0.447. The van der Waals surface area contributed by atoms with Crippen LogP contribution in [-0.4, -0.2) is 107 Å². The number of rotatable bonds is 6. The molecule has 6 rings (SSSR count). The van der Waals surface area contributed by atoms with Gasteiger partial charge in [0.25, 0.3) is 11.7 Å². The molecule has 2 amide bonds. The van der Waals surface area contributed by atoms with Gasteiger partial charge in [-0.25, -0.2) is 4.98 Å². The molecule has 2 aliphatic rings. The molecule has 0 unspecified atom stereocenters. The summed E-state index contributed by atoms with van der Waals surface area (Å²) < 4.78 is 51.4. The van der Waals surface area contributed by atoms with Crippen LogP contribution in [0.25, 0.3) is 33.0 Å². The Bertz CT molecular complexity index is 2710. The summed E-state index contributed by atoms with van der Waals surface area (Å²) in [6.07, 6.45) is 2.38. The van der Waals surface area contributed by atoms with Gasteiger partial charge in [0.15, 0.2) is 22.3 Å². The molecule has 3 heterocycles. The van der Waals surface area contributed by atoms with Gasteiger partial charge >= 0.3 is 12.0 Å². The highest BCUT2D eigenvalue weighted by Gasteiger charge is 2.54. The van der Waals surface area contributed by atoms with Gasteiger partial charge in [-0.1, -0.05) is 45.9 Å². The number of methoxy groups -OCH3 is 1. The standard InChI is InChI=1S/C47H54FN3O14/c1-21-12-11-13-22(2)46(59)50-37-41(57)34-33(36-44(37)64-32-20-29(14-15-30(32)49-36)61-19-17-51(9)27(7)52)35-43(26(6)40(34)56)65-47(48,45(35)58)62-18-16-31(60-10)23(3)42(63-28(8)53)25(5)39(55)24(4)38(21)54/h11-16,18,20-21,23-25,31,38-39,42,54-55,57H,17,19H2,1-10H3,(H,50,59)/b12-11+,18-16+,22-13-/t21-,23+,24+,25+,31-,38-,39+,42+,47+/m0/s1. The summed E-state index contributed by atoms with van der Waals surface area (Å²) in [5, 5.41) is 36.7. The number of benzene rings is 3. The first-order chi connectivity index (χ1) is 30.6. The molecule has 348 valence electrons. The molecule has 4 N–H and O–H groups in total. The average molecular weight is 904 g/mol. The number of hydrogen-bond donors (Lipinski definition) is 4. The molecule has 0 radical (unpaired) electrons. The van der Waals surface area contributed by atoms with Crippen molar-refractivity contribution in [3.8, 4) is 17.2 Å². The molecule has 2 aliphatic heterocycles. The number of nitrogens with zero attached hydrogens (tertiary/aromatic N) is 2. The number of phenols is 1. The van der Waals surface area contributed by atoms with Crippen LogP contribution in [0.2, 0.25) is 0 Å². The van der Waals surface area contributed by atoms with Crippen LogP contribution in [0.4, 0.5) is 10.1 Å². The Morgan fingerprint density at radius 2 is 1.71 bits per heavy atom. The van der Waals surface area contributed by atoms with Gasteiger partial charge in [-0.2, -0.15) is 0 Å². The van der Waals surface area contributed by atoms with E-state index < -0.39 is 105 Å². The predicted octanol–water partition coefficient (Wildman–Crippen LogP) is 5.76.